The maximum atomic E-state index is 12.3. The molecule has 5 nitrogen and oxygen atoms in total. The molecule has 0 unspecified atom stereocenters. The van der Waals surface area contributed by atoms with Crippen molar-refractivity contribution < 1.29 is 4.79 Å². The fourth-order valence-electron chi connectivity index (χ4n) is 2.01. The number of nitrogens with one attached hydrogen (secondary N) is 1. The van der Waals surface area contributed by atoms with Crippen molar-refractivity contribution in [2.75, 3.05) is 6.54 Å². The standard InChI is InChI=1S/C15H21N3O2S/c1-4-11-7-12-14(21-11)17-9-18(15(12)20)8-13(19)16-6-5-10(2)3/h7,9-10H,4-6,8H2,1-3H3,(H,16,19). The van der Waals surface area contributed by atoms with Crippen LogP contribution >= 0.6 is 11.3 Å². The van der Waals surface area contributed by atoms with Crippen LogP contribution in [0, 0.1) is 5.92 Å². The summed E-state index contributed by atoms with van der Waals surface area (Å²) in [4.78, 5) is 30.3. The van der Waals surface area contributed by atoms with Crippen molar-refractivity contribution in [3.05, 3.63) is 27.6 Å². The predicted octanol–water partition coefficient (Wildman–Crippen LogP) is 2.18. The molecule has 0 bridgehead atoms. The zero-order valence-corrected chi connectivity index (χ0v) is 13.5. The summed E-state index contributed by atoms with van der Waals surface area (Å²) in [6.45, 7) is 6.93. The van der Waals surface area contributed by atoms with Crippen LogP contribution in [0.25, 0.3) is 10.2 Å². The second kappa shape index (κ2) is 6.85. The van der Waals surface area contributed by atoms with Gasteiger partial charge < -0.3 is 5.32 Å². The summed E-state index contributed by atoms with van der Waals surface area (Å²) < 4.78 is 1.37. The van der Waals surface area contributed by atoms with Gasteiger partial charge in [0, 0.05) is 11.4 Å². The largest absolute Gasteiger partial charge is 0.355 e. The zero-order chi connectivity index (χ0) is 15.4. The molecule has 0 aliphatic rings. The number of carbonyl (C=O) groups excluding carboxylic acids is 1. The summed E-state index contributed by atoms with van der Waals surface area (Å²) >= 11 is 1.53. The first kappa shape index (κ1) is 15.7. The minimum Gasteiger partial charge on any atom is -0.355 e. The Hall–Kier alpha value is -1.69. The van der Waals surface area contributed by atoms with Gasteiger partial charge in [0.25, 0.3) is 5.56 Å². The van der Waals surface area contributed by atoms with Crippen molar-refractivity contribution in [2.45, 2.75) is 40.2 Å². The summed E-state index contributed by atoms with van der Waals surface area (Å²) in [7, 11) is 0. The molecule has 0 aliphatic carbocycles. The number of carbonyl (C=O) groups is 1. The molecule has 0 aromatic carbocycles. The fraction of sp³-hybridized carbons (Fsp3) is 0.533. The molecule has 114 valence electrons. The highest BCUT2D eigenvalue weighted by atomic mass is 32.1. The van der Waals surface area contributed by atoms with E-state index in [2.05, 4.69) is 24.1 Å². The summed E-state index contributed by atoms with van der Waals surface area (Å²) in [5, 5.41) is 3.44. The van der Waals surface area contributed by atoms with Gasteiger partial charge in [0.05, 0.1) is 11.7 Å². The van der Waals surface area contributed by atoms with Gasteiger partial charge in [0.15, 0.2) is 0 Å². The number of nitrogens with zero attached hydrogens (tertiary/aromatic N) is 2. The van der Waals surface area contributed by atoms with E-state index in [-0.39, 0.29) is 18.0 Å². The van der Waals surface area contributed by atoms with Crippen LogP contribution in [0.4, 0.5) is 0 Å². The van der Waals surface area contributed by atoms with Gasteiger partial charge in [-0.3, -0.25) is 14.2 Å². The molecule has 2 aromatic heterocycles. The first-order valence-electron chi connectivity index (χ1n) is 7.25. The Morgan fingerprint density at radius 3 is 2.90 bits per heavy atom. The average molecular weight is 307 g/mol. The van der Waals surface area contributed by atoms with Gasteiger partial charge in [-0.05, 0) is 24.8 Å². The molecule has 0 aliphatic heterocycles. The minimum atomic E-state index is -0.148. The lowest BCUT2D eigenvalue weighted by molar-refractivity contribution is -0.121. The van der Waals surface area contributed by atoms with Gasteiger partial charge in [0.2, 0.25) is 5.91 Å². The number of fused-ring (bicyclic) bond motifs is 1. The monoisotopic (exact) mass is 307 g/mol. The quantitative estimate of drug-likeness (QED) is 0.889. The van der Waals surface area contributed by atoms with E-state index in [1.807, 2.05) is 13.0 Å². The molecule has 0 saturated carbocycles. The van der Waals surface area contributed by atoms with E-state index < -0.39 is 0 Å². The van der Waals surface area contributed by atoms with Crippen molar-refractivity contribution in [3.63, 3.8) is 0 Å². The van der Waals surface area contributed by atoms with E-state index in [9.17, 15) is 9.59 Å². The summed E-state index contributed by atoms with van der Waals surface area (Å²) in [5.41, 5.74) is -0.144. The van der Waals surface area contributed by atoms with Crippen LogP contribution in [-0.2, 0) is 17.8 Å². The molecule has 6 heteroatoms. The highest BCUT2D eigenvalue weighted by Gasteiger charge is 2.10. The van der Waals surface area contributed by atoms with E-state index in [0.717, 1.165) is 22.5 Å². The lowest BCUT2D eigenvalue weighted by Gasteiger charge is -2.08. The van der Waals surface area contributed by atoms with Gasteiger partial charge in [-0.1, -0.05) is 20.8 Å². The van der Waals surface area contributed by atoms with Crippen LogP contribution in [0.5, 0.6) is 0 Å². The molecule has 0 radical (unpaired) electrons. The summed E-state index contributed by atoms with van der Waals surface area (Å²) in [5.74, 6) is 0.397. The second-order valence-corrected chi connectivity index (χ2v) is 6.61. The zero-order valence-electron chi connectivity index (χ0n) is 12.7. The van der Waals surface area contributed by atoms with Crippen molar-refractivity contribution >= 4 is 27.5 Å². The van der Waals surface area contributed by atoms with Crippen molar-refractivity contribution in [1.29, 1.82) is 0 Å². The lowest BCUT2D eigenvalue weighted by Crippen LogP contribution is -2.33. The van der Waals surface area contributed by atoms with Crippen molar-refractivity contribution in [3.8, 4) is 0 Å². The topological polar surface area (TPSA) is 64.0 Å². The molecule has 1 N–H and O–H groups in total. The van der Waals surface area contributed by atoms with Gasteiger partial charge in [-0.2, -0.15) is 0 Å². The molecular formula is C15H21N3O2S. The average Bonchev–Trinajstić information content (AvgIpc) is 2.85. The molecule has 0 atom stereocenters. The first-order valence-corrected chi connectivity index (χ1v) is 8.07. The van der Waals surface area contributed by atoms with Gasteiger partial charge >= 0.3 is 0 Å². The molecule has 2 rings (SSSR count). The molecular weight excluding hydrogens is 286 g/mol. The lowest BCUT2D eigenvalue weighted by atomic mass is 10.1. The van der Waals surface area contributed by atoms with Crippen LogP contribution in [0.1, 0.15) is 32.1 Å². The van der Waals surface area contributed by atoms with Crippen LogP contribution in [-0.4, -0.2) is 22.0 Å². The molecule has 2 heterocycles. The van der Waals surface area contributed by atoms with Gasteiger partial charge in [0.1, 0.15) is 11.4 Å². The third kappa shape index (κ3) is 3.91. The minimum absolute atomic E-state index is 0.0250. The Labute approximate surface area is 128 Å². The van der Waals surface area contributed by atoms with Crippen LogP contribution in [0.3, 0.4) is 0 Å². The third-order valence-corrected chi connectivity index (χ3v) is 4.46. The molecule has 0 spiro atoms. The number of thiophene rings is 1. The number of amides is 1. The molecule has 1 amide bonds. The number of aryl methyl sites for hydroxylation is 1. The van der Waals surface area contributed by atoms with E-state index in [4.69, 9.17) is 0 Å². The highest BCUT2D eigenvalue weighted by molar-refractivity contribution is 7.18. The number of rotatable bonds is 6. The Kier molecular flexibility index (Phi) is 5.12. The fourth-order valence-corrected chi connectivity index (χ4v) is 2.93. The van der Waals surface area contributed by atoms with E-state index in [0.29, 0.717) is 17.8 Å². The van der Waals surface area contributed by atoms with E-state index in [1.165, 1.54) is 22.2 Å². The number of aromatic nitrogens is 2. The van der Waals surface area contributed by atoms with Crippen LogP contribution in [0.15, 0.2) is 17.2 Å². The SMILES string of the molecule is CCc1cc2c(=O)n(CC(=O)NCCC(C)C)cnc2s1. The molecule has 0 saturated heterocycles. The predicted molar refractivity (Wildman–Crippen MR) is 85.7 cm³/mol. The Bertz CT molecular complexity index is 688. The van der Waals surface area contributed by atoms with Gasteiger partial charge in [-0.25, -0.2) is 4.98 Å². The van der Waals surface area contributed by atoms with Gasteiger partial charge in [-0.15, -0.1) is 11.3 Å². The maximum Gasteiger partial charge on any atom is 0.262 e. The van der Waals surface area contributed by atoms with Crippen molar-refractivity contribution in [1.82, 2.24) is 14.9 Å². The second-order valence-electron chi connectivity index (χ2n) is 5.50. The molecule has 21 heavy (non-hydrogen) atoms. The van der Waals surface area contributed by atoms with Crippen molar-refractivity contribution in [2.24, 2.45) is 5.92 Å². The Morgan fingerprint density at radius 2 is 2.24 bits per heavy atom. The Balaban J connectivity index is 2.10. The summed E-state index contributed by atoms with van der Waals surface area (Å²) in [6, 6.07) is 1.88. The normalized spacial score (nSPS) is 11.2. The van der Waals surface area contributed by atoms with E-state index >= 15 is 0 Å². The maximum absolute atomic E-state index is 12.3. The van der Waals surface area contributed by atoms with E-state index in [1.54, 1.807) is 0 Å². The number of hydrogen-bond acceptors (Lipinski definition) is 4. The summed E-state index contributed by atoms with van der Waals surface area (Å²) in [6.07, 6.45) is 3.28. The van der Waals surface area contributed by atoms with Crippen LogP contribution in [0.2, 0.25) is 0 Å². The first-order chi connectivity index (χ1) is 10.0. The van der Waals surface area contributed by atoms with Crippen LogP contribution < -0.4 is 10.9 Å². The highest BCUT2D eigenvalue weighted by Crippen LogP contribution is 2.20. The third-order valence-electron chi connectivity index (χ3n) is 3.28. The smallest absolute Gasteiger partial charge is 0.262 e. The Morgan fingerprint density at radius 1 is 1.48 bits per heavy atom. The molecule has 2 aromatic rings. The number of hydrogen-bond donors (Lipinski definition) is 1. The molecule has 0 fully saturated rings.